The van der Waals surface area contributed by atoms with E-state index in [1.807, 2.05) is 0 Å². The van der Waals surface area contributed by atoms with Gasteiger partial charge in [0.05, 0.1) is 12.4 Å². The quantitative estimate of drug-likeness (QED) is 0.737. The molecule has 0 aromatic carbocycles. The Hall–Kier alpha value is -1.97. The van der Waals surface area contributed by atoms with Gasteiger partial charge >= 0.3 is 6.01 Å². The van der Waals surface area contributed by atoms with Crippen LogP contribution < -0.4 is 10.5 Å². The molecule has 9 heteroatoms. The number of aliphatic hydroxyl groups is 2. The van der Waals surface area contributed by atoms with Crippen molar-refractivity contribution in [1.82, 2.24) is 19.5 Å². The van der Waals surface area contributed by atoms with Crippen molar-refractivity contribution in [3.05, 3.63) is 6.33 Å². The highest BCUT2D eigenvalue weighted by Gasteiger charge is 2.42. The van der Waals surface area contributed by atoms with Gasteiger partial charge in [-0.25, -0.2) is 4.98 Å². The van der Waals surface area contributed by atoms with Crippen LogP contribution in [0.2, 0.25) is 0 Å². The monoisotopic (exact) mass is 363 g/mol. The van der Waals surface area contributed by atoms with E-state index in [1.54, 1.807) is 11.5 Å². The van der Waals surface area contributed by atoms with E-state index in [4.69, 9.17) is 15.2 Å². The van der Waals surface area contributed by atoms with Crippen molar-refractivity contribution >= 4 is 17.0 Å². The highest BCUT2D eigenvalue weighted by Crippen LogP contribution is 2.33. The zero-order chi connectivity index (χ0) is 18.4. The maximum Gasteiger partial charge on any atom is 0.320 e. The Balaban J connectivity index is 1.63. The number of nitrogens with zero attached hydrogens (tertiary/aromatic N) is 4. The summed E-state index contributed by atoms with van der Waals surface area (Å²) in [4.78, 5) is 12.9. The van der Waals surface area contributed by atoms with Gasteiger partial charge in [0.2, 0.25) is 0 Å². The first-order valence-electron chi connectivity index (χ1n) is 9.12. The van der Waals surface area contributed by atoms with E-state index in [1.165, 1.54) is 6.33 Å². The molecular weight excluding hydrogens is 338 g/mol. The number of hydrogen-bond donors (Lipinski definition) is 3. The van der Waals surface area contributed by atoms with Crippen LogP contribution in [-0.2, 0) is 4.74 Å². The van der Waals surface area contributed by atoms with E-state index in [2.05, 4.69) is 21.9 Å². The molecule has 2 aromatic rings. The van der Waals surface area contributed by atoms with Crippen LogP contribution in [0.3, 0.4) is 0 Å². The molecule has 4 rings (SSSR count). The Labute approximate surface area is 151 Å². The van der Waals surface area contributed by atoms with Gasteiger partial charge in [-0.2, -0.15) is 9.97 Å². The minimum atomic E-state index is -1.08. The summed E-state index contributed by atoms with van der Waals surface area (Å²) in [6.07, 6.45) is 2.41. The van der Waals surface area contributed by atoms with Crippen molar-refractivity contribution in [3.63, 3.8) is 0 Å². The second-order valence-corrected chi connectivity index (χ2v) is 7.43. The topological polar surface area (TPSA) is 129 Å². The molecule has 3 heterocycles. The first-order chi connectivity index (χ1) is 12.4. The van der Waals surface area contributed by atoms with Gasteiger partial charge in [-0.1, -0.05) is 6.92 Å². The average Bonchev–Trinajstić information content (AvgIpc) is 3.14. The number of nitrogen functional groups attached to an aromatic ring is 1. The predicted molar refractivity (Wildman–Crippen MR) is 93.4 cm³/mol. The fourth-order valence-corrected chi connectivity index (χ4v) is 3.71. The zero-order valence-corrected chi connectivity index (χ0v) is 14.9. The molecule has 1 saturated heterocycles. The molecule has 2 fully saturated rings. The van der Waals surface area contributed by atoms with Crippen LogP contribution in [0.5, 0.6) is 6.01 Å². The molecular formula is C17H25N5O4. The molecule has 9 nitrogen and oxygen atoms in total. The second kappa shape index (κ2) is 6.64. The predicted octanol–water partition coefficient (Wildman–Crippen LogP) is 1.01. The lowest BCUT2D eigenvalue weighted by molar-refractivity contribution is -0.0300. The molecule has 142 valence electrons. The molecule has 4 N–H and O–H groups in total. The minimum absolute atomic E-state index is 0.0783. The molecule has 0 spiro atoms. The maximum atomic E-state index is 10.3. The molecule has 2 aliphatic rings. The third kappa shape index (κ3) is 3.00. The third-order valence-electron chi connectivity index (χ3n) is 5.41. The van der Waals surface area contributed by atoms with Crippen LogP contribution in [0.25, 0.3) is 11.2 Å². The standard InChI is InChI=1S/C17H25N5O4/c1-8-3-5-10(6-4-8)26-17-20-14(18)11-15(21-17)22(7-19-11)16-13(24)12(23)9(2)25-16/h7-10,12-13,16,23-24H,3-6H2,1-2H3,(H2,18,20,21)/t8-,9-,10+,12-,13-,16-/m1/s1. The highest BCUT2D eigenvalue weighted by molar-refractivity contribution is 5.82. The molecule has 2 aromatic heterocycles. The number of aliphatic hydroxyl groups excluding tert-OH is 2. The number of nitrogens with two attached hydrogens (primary N) is 1. The summed E-state index contributed by atoms with van der Waals surface area (Å²) in [5, 5.41) is 20.2. The van der Waals surface area contributed by atoms with Gasteiger partial charge in [0.15, 0.2) is 23.2 Å². The Morgan fingerprint density at radius 2 is 1.88 bits per heavy atom. The van der Waals surface area contributed by atoms with E-state index in [-0.39, 0.29) is 17.9 Å². The number of fused-ring (bicyclic) bond motifs is 1. The van der Waals surface area contributed by atoms with E-state index in [9.17, 15) is 10.2 Å². The van der Waals surface area contributed by atoms with Gasteiger partial charge in [0.25, 0.3) is 0 Å². The van der Waals surface area contributed by atoms with Gasteiger partial charge < -0.3 is 25.4 Å². The summed E-state index contributed by atoms with van der Waals surface area (Å²) in [5.74, 6) is 0.938. The summed E-state index contributed by atoms with van der Waals surface area (Å²) >= 11 is 0. The van der Waals surface area contributed by atoms with Crippen LogP contribution in [0.4, 0.5) is 5.82 Å². The van der Waals surface area contributed by atoms with E-state index >= 15 is 0 Å². The molecule has 1 aliphatic heterocycles. The van der Waals surface area contributed by atoms with Crippen molar-refractivity contribution in [2.45, 2.75) is 70.2 Å². The molecule has 0 bridgehead atoms. The largest absolute Gasteiger partial charge is 0.460 e. The lowest BCUT2D eigenvalue weighted by Crippen LogP contribution is -2.30. The maximum absolute atomic E-state index is 10.3. The normalized spacial score (nSPS) is 35.1. The van der Waals surface area contributed by atoms with Gasteiger partial charge in [-0.15, -0.1) is 0 Å². The molecule has 26 heavy (non-hydrogen) atoms. The van der Waals surface area contributed by atoms with Gasteiger partial charge in [0, 0.05) is 0 Å². The Morgan fingerprint density at radius 3 is 2.54 bits per heavy atom. The van der Waals surface area contributed by atoms with Crippen LogP contribution in [-0.4, -0.2) is 54.1 Å². The molecule has 4 atom stereocenters. The van der Waals surface area contributed by atoms with Crippen molar-refractivity contribution in [2.24, 2.45) is 5.92 Å². The second-order valence-electron chi connectivity index (χ2n) is 7.43. The lowest BCUT2D eigenvalue weighted by atomic mass is 9.89. The molecule has 1 aliphatic carbocycles. The number of ether oxygens (including phenoxy) is 2. The molecule has 0 unspecified atom stereocenters. The van der Waals surface area contributed by atoms with Crippen molar-refractivity contribution < 1.29 is 19.7 Å². The van der Waals surface area contributed by atoms with Crippen LogP contribution in [0, 0.1) is 5.92 Å². The number of aromatic nitrogens is 4. The van der Waals surface area contributed by atoms with E-state index < -0.39 is 24.5 Å². The fraction of sp³-hybridized carbons (Fsp3) is 0.706. The summed E-state index contributed by atoms with van der Waals surface area (Å²) in [7, 11) is 0. The van der Waals surface area contributed by atoms with Crippen molar-refractivity contribution in [1.29, 1.82) is 0 Å². The van der Waals surface area contributed by atoms with Gasteiger partial charge in [0.1, 0.15) is 18.3 Å². The van der Waals surface area contributed by atoms with Crippen LogP contribution in [0.1, 0.15) is 45.8 Å². The van der Waals surface area contributed by atoms with Gasteiger partial charge in [-0.05, 0) is 38.5 Å². The summed E-state index contributed by atoms with van der Waals surface area (Å²) in [6.45, 7) is 3.95. The molecule has 0 radical (unpaired) electrons. The molecule has 1 saturated carbocycles. The van der Waals surface area contributed by atoms with E-state index in [0.717, 1.165) is 31.6 Å². The third-order valence-corrected chi connectivity index (χ3v) is 5.41. The first-order valence-corrected chi connectivity index (χ1v) is 9.12. The average molecular weight is 363 g/mol. The highest BCUT2D eigenvalue weighted by atomic mass is 16.6. The first kappa shape index (κ1) is 17.4. The van der Waals surface area contributed by atoms with Crippen molar-refractivity contribution in [2.75, 3.05) is 5.73 Å². The lowest BCUT2D eigenvalue weighted by Gasteiger charge is -2.26. The van der Waals surface area contributed by atoms with Crippen LogP contribution >= 0.6 is 0 Å². The fourth-order valence-electron chi connectivity index (χ4n) is 3.71. The Kier molecular flexibility index (Phi) is 4.45. The molecule has 0 amide bonds. The SMILES string of the molecule is C[C@H]1O[C@@H](n2cnc3c(N)nc(O[C@H]4CC[C@@H](C)CC4)nc32)[C@H](O)[C@@H]1O. The van der Waals surface area contributed by atoms with E-state index in [0.29, 0.717) is 11.2 Å². The minimum Gasteiger partial charge on any atom is -0.460 e. The summed E-state index contributed by atoms with van der Waals surface area (Å²) < 4.78 is 13.2. The number of rotatable bonds is 3. The van der Waals surface area contributed by atoms with Crippen LogP contribution in [0.15, 0.2) is 6.33 Å². The number of imidazole rings is 1. The zero-order valence-electron chi connectivity index (χ0n) is 14.9. The number of anilines is 1. The summed E-state index contributed by atoms with van der Waals surface area (Å²) in [6, 6.07) is 0.206. The Morgan fingerprint density at radius 1 is 1.15 bits per heavy atom. The number of hydrogen-bond acceptors (Lipinski definition) is 8. The van der Waals surface area contributed by atoms with Crippen molar-refractivity contribution in [3.8, 4) is 6.01 Å². The Bertz CT molecular complexity index is 789. The smallest absolute Gasteiger partial charge is 0.320 e. The summed E-state index contributed by atoms with van der Waals surface area (Å²) in [5.41, 5.74) is 6.86. The van der Waals surface area contributed by atoms with Gasteiger partial charge in [-0.3, -0.25) is 4.57 Å².